The largest absolute Gasteiger partial charge is 0.368 e. The molecule has 19 heavy (non-hydrogen) atoms. The molecule has 0 radical (unpaired) electrons. The molecule has 0 aromatic carbocycles. The second-order valence-corrected chi connectivity index (χ2v) is 6.21. The van der Waals surface area contributed by atoms with Crippen LogP contribution in [0.5, 0.6) is 0 Å². The fourth-order valence-electron chi connectivity index (χ4n) is 1.67. The Kier molecular flexibility index (Phi) is 4.27. The van der Waals surface area contributed by atoms with Crippen LogP contribution in [0.1, 0.15) is 18.7 Å². The van der Waals surface area contributed by atoms with Crippen LogP contribution in [0.25, 0.3) is 0 Å². The van der Waals surface area contributed by atoms with Crippen molar-refractivity contribution < 1.29 is 0 Å². The highest BCUT2D eigenvalue weighted by Crippen LogP contribution is 2.28. The first-order chi connectivity index (χ1) is 9.03. The van der Waals surface area contributed by atoms with Gasteiger partial charge in [0.2, 0.25) is 5.95 Å². The molecular weight excluding hydrogens is 280 g/mol. The van der Waals surface area contributed by atoms with Gasteiger partial charge < -0.3 is 10.6 Å². The Labute approximate surface area is 122 Å². The lowest BCUT2D eigenvalue weighted by Gasteiger charge is -2.24. The first kappa shape index (κ1) is 14.1. The van der Waals surface area contributed by atoms with Crippen LogP contribution in [0, 0.1) is 0 Å². The highest BCUT2D eigenvalue weighted by Gasteiger charge is 2.22. The lowest BCUT2D eigenvalue weighted by molar-refractivity contribution is 0.568. The van der Waals surface area contributed by atoms with Crippen LogP contribution < -0.4 is 10.6 Å². The third kappa shape index (κ3) is 3.36. The van der Waals surface area contributed by atoms with Gasteiger partial charge in [0.05, 0.1) is 6.20 Å². The first-order valence-electron chi connectivity index (χ1n) is 6.01. The van der Waals surface area contributed by atoms with E-state index >= 15 is 0 Å². The Balaban J connectivity index is 2.10. The van der Waals surface area contributed by atoms with E-state index in [9.17, 15) is 0 Å². The molecule has 0 atom stereocenters. The van der Waals surface area contributed by atoms with E-state index in [1.54, 1.807) is 24.6 Å². The third-order valence-corrected chi connectivity index (χ3v) is 4.37. The van der Waals surface area contributed by atoms with Crippen LogP contribution in [0.2, 0.25) is 5.02 Å². The van der Waals surface area contributed by atoms with Crippen molar-refractivity contribution in [3.05, 3.63) is 33.6 Å². The molecule has 2 N–H and O–H groups in total. The van der Waals surface area contributed by atoms with Gasteiger partial charge in [0.25, 0.3) is 0 Å². The molecule has 0 saturated heterocycles. The maximum atomic E-state index is 6.09. The molecule has 102 valence electrons. The molecule has 0 bridgehead atoms. The second kappa shape index (κ2) is 5.75. The molecular formula is C13H17ClN4S. The summed E-state index contributed by atoms with van der Waals surface area (Å²) in [6, 6.07) is 4.21. The number of nitrogens with zero attached hydrogens (tertiary/aromatic N) is 2. The minimum atomic E-state index is 0.0300. The smallest absolute Gasteiger partial charge is 0.224 e. The highest BCUT2D eigenvalue weighted by atomic mass is 35.5. The van der Waals surface area contributed by atoms with Gasteiger partial charge >= 0.3 is 0 Å². The molecule has 0 unspecified atom stereocenters. The van der Waals surface area contributed by atoms with E-state index in [1.807, 2.05) is 0 Å². The molecule has 0 aliphatic carbocycles. The Morgan fingerprint density at radius 2 is 2.21 bits per heavy atom. The van der Waals surface area contributed by atoms with Gasteiger partial charge in [0.15, 0.2) is 5.82 Å². The quantitative estimate of drug-likeness (QED) is 0.885. The van der Waals surface area contributed by atoms with Crippen LogP contribution in [-0.4, -0.2) is 23.6 Å². The number of anilines is 2. The topological polar surface area (TPSA) is 49.8 Å². The predicted octanol–water partition coefficient (Wildman–Crippen LogP) is 3.62. The lowest BCUT2D eigenvalue weighted by atomic mass is 9.91. The van der Waals surface area contributed by atoms with Gasteiger partial charge in [0, 0.05) is 23.9 Å². The van der Waals surface area contributed by atoms with Crippen molar-refractivity contribution in [2.24, 2.45) is 0 Å². The standard InChI is InChI=1S/C13H17ClN4S/c1-13(2,10-5-4-6-19-10)8-17-11-9(14)7-16-12(15-3)18-11/h4-7H,8H2,1-3H3,(H2,15,16,17,18). The van der Waals surface area contributed by atoms with Gasteiger partial charge in [-0.05, 0) is 11.4 Å². The van der Waals surface area contributed by atoms with E-state index in [2.05, 4.69) is 52.0 Å². The zero-order valence-electron chi connectivity index (χ0n) is 11.2. The van der Waals surface area contributed by atoms with Crippen molar-refractivity contribution in [3.8, 4) is 0 Å². The molecule has 2 heterocycles. The minimum absolute atomic E-state index is 0.0300. The van der Waals surface area contributed by atoms with Gasteiger partial charge in [-0.25, -0.2) is 4.98 Å². The Morgan fingerprint density at radius 3 is 2.84 bits per heavy atom. The summed E-state index contributed by atoms with van der Waals surface area (Å²) in [5.41, 5.74) is 0.0300. The minimum Gasteiger partial charge on any atom is -0.368 e. The predicted molar refractivity (Wildman–Crippen MR) is 82.4 cm³/mol. The molecule has 0 spiro atoms. The van der Waals surface area contributed by atoms with E-state index in [0.717, 1.165) is 6.54 Å². The summed E-state index contributed by atoms with van der Waals surface area (Å²) in [5.74, 6) is 1.21. The van der Waals surface area contributed by atoms with Crippen molar-refractivity contribution in [3.63, 3.8) is 0 Å². The molecule has 0 fully saturated rings. The number of hydrogen-bond donors (Lipinski definition) is 2. The lowest BCUT2D eigenvalue weighted by Crippen LogP contribution is -2.27. The van der Waals surface area contributed by atoms with Crippen LogP contribution in [-0.2, 0) is 5.41 Å². The average Bonchev–Trinajstić information content (AvgIpc) is 2.92. The molecule has 6 heteroatoms. The SMILES string of the molecule is CNc1ncc(Cl)c(NCC(C)(C)c2cccs2)n1. The monoisotopic (exact) mass is 296 g/mol. The van der Waals surface area contributed by atoms with E-state index in [1.165, 1.54) is 4.88 Å². The number of nitrogens with one attached hydrogen (secondary N) is 2. The zero-order chi connectivity index (χ0) is 13.9. The normalized spacial score (nSPS) is 11.4. The van der Waals surface area contributed by atoms with Crippen LogP contribution >= 0.6 is 22.9 Å². The zero-order valence-corrected chi connectivity index (χ0v) is 12.8. The fraction of sp³-hybridized carbons (Fsp3) is 0.385. The molecule has 0 saturated carbocycles. The molecule has 0 aliphatic heterocycles. The Bertz CT molecular complexity index is 540. The van der Waals surface area contributed by atoms with Crippen LogP contribution in [0.4, 0.5) is 11.8 Å². The molecule has 0 amide bonds. The van der Waals surface area contributed by atoms with Crippen molar-refractivity contribution in [2.75, 3.05) is 24.2 Å². The van der Waals surface area contributed by atoms with Crippen molar-refractivity contribution in [1.29, 1.82) is 0 Å². The number of rotatable bonds is 5. The van der Waals surface area contributed by atoms with Crippen molar-refractivity contribution >= 4 is 34.7 Å². The second-order valence-electron chi connectivity index (χ2n) is 4.85. The van der Waals surface area contributed by atoms with E-state index < -0.39 is 0 Å². The van der Waals surface area contributed by atoms with Crippen LogP contribution in [0.15, 0.2) is 23.7 Å². The summed E-state index contributed by atoms with van der Waals surface area (Å²) in [6.45, 7) is 5.15. The molecule has 2 aromatic heterocycles. The molecule has 2 rings (SSSR count). The third-order valence-electron chi connectivity index (χ3n) is 2.85. The molecule has 2 aromatic rings. The number of aromatic nitrogens is 2. The van der Waals surface area contributed by atoms with Gasteiger partial charge in [-0.1, -0.05) is 31.5 Å². The number of thiophene rings is 1. The Morgan fingerprint density at radius 1 is 1.42 bits per heavy atom. The summed E-state index contributed by atoms with van der Waals surface area (Å²) >= 11 is 7.85. The van der Waals surface area contributed by atoms with Crippen LogP contribution in [0.3, 0.4) is 0 Å². The van der Waals surface area contributed by atoms with Crippen molar-refractivity contribution in [2.45, 2.75) is 19.3 Å². The average molecular weight is 297 g/mol. The number of halogens is 1. The summed E-state index contributed by atoms with van der Waals surface area (Å²) in [6.07, 6.45) is 1.60. The fourth-order valence-corrected chi connectivity index (χ4v) is 2.68. The summed E-state index contributed by atoms with van der Waals surface area (Å²) in [7, 11) is 1.78. The molecule has 4 nitrogen and oxygen atoms in total. The maximum absolute atomic E-state index is 6.09. The van der Waals surface area contributed by atoms with E-state index in [0.29, 0.717) is 16.8 Å². The van der Waals surface area contributed by atoms with Gasteiger partial charge in [-0.3, -0.25) is 0 Å². The van der Waals surface area contributed by atoms with Gasteiger partial charge in [-0.2, -0.15) is 4.98 Å². The van der Waals surface area contributed by atoms with Gasteiger partial charge in [0.1, 0.15) is 5.02 Å². The van der Waals surface area contributed by atoms with Crippen molar-refractivity contribution in [1.82, 2.24) is 9.97 Å². The Hall–Kier alpha value is -1.33. The molecule has 0 aliphatic rings. The maximum Gasteiger partial charge on any atom is 0.224 e. The van der Waals surface area contributed by atoms with E-state index in [4.69, 9.17) is 11.6 Å². The first-order valence-corrected chi connectivity index (χ1v) is 7.27. The summed E-state index contributed by atoms with van der Waals surface area (Å²) in [4.78, 5) is 9.71. The summed E-state index contributed by atoms with van der Waals surface area (Å²) < 4.78 is 0. The van der Waals surface area contributed by atoms with Gasteiger partial charge in [-0.15, -0.1) is 11.3 Å². The summed E-state index contributed by atoms with van der Waals surface area (Å²) in [5, 5.41) is 8.82. The number of hydrogen-bond acceptors (Lipinski definition) is 5. The highest BCUT2D eigenvalue weighted by molar-refractivity contribution is 7.10. The van der Waals surface area contributed by atoms with E-state index in [-0.39, 0.29) is 5.41 Å².